The monoisotopic (exact) mass is 365 g/mol. The Morgan fingerprint density at radius 3 is 2.04 bits per heavy atom. The molecule has 0 spiro atoms. The van der Waals surface area contributed by atoms with Gasteiger partial charge in [0.25, 0.3) is 11.8 Å². The van der Waals surface area contributed by atoms with Crippen LogP contribution in [0.2, 0.25) is 0 Å². The van der Waals surface area contributed by atoms with Crippen LogP contribution in [0.3, 0.4) is 0 Å². The summed E-state index contributed by atoms with van der Waals surface area (Å²) in [6.07, 6.45) is 0. The summed E-state index contributed by atoms with van der Waals surface area (Å²) in [5.74, 6) is 0.531. The quantitative estimate of drug-likeness (QED) is 0.760. The number of methoxy groups -OCH3 is 1. The van der Waals surface area contributed by atoms with Crippen LogP contribution in [0.15, 0.2) is 48.5 Å². The van der Waals surface area contributed by atoms with Crippen molar-refractivity contribution in [1.29, 1.82) is 0 Å². The highest BCUT2D eigenvalue weighted by Gasteiger charge is 2.35. The molecular formula is C21H23N3O3. The molecule has 6 nitrogen and oxygen atoms in total. The summed E-state index contributed by atoms with van der Waals surface area (Å²) < 4.78 is 5.46. The Labute approximate surface area is 158 Å². The normalized spacial score (nSPS) is 17.4. The number of ether oxygens (including phenoxy) is 1. The van der Waals surface area contributed by atoms with Crippen LogP contribution in [0, 0.1) is 0 Å². The minimum Gasteiger partial charge on any atom is -0.495 e. The maximum absolute atomic E-state index is 12.5. The van der Waals surface area contributed by atoms with Gasteiger partial charge in [-0.2, -0.15) is 0 Å². The standard InChI is InChI=1S/C21H23N3O3/c1-27-19-9-5-4-8-18(19)23-13-10-22(11-14-23)12-15-24-20(25)16-6-2-3-7-17(16)21(24)26/h2-9H,10-15H2,1H3. The van der Waals surface area contributed by atoms with Gasteiger partial charge in [0.2, 0.25) is 0 Å². The average molecular weight is 365 g/mol. The van der Waals surface area contributed by atoms with E-state index in [9.17, 15) is 9.59 Å². The SMILES string of the molecule is COc1ccccc1N1CCN(CCN2C(=O)c3ccccc3C2=O)CC1. The van der Waals surface area contributed by atoms with Crippen LogP contribution in [0.1, 0.15) is 20.7 Å². The first-order valence-corrected chi connectivity index (χ1v) is 9.24. The van der Waals surface area contributed by atoms with E-state index in [4.69, 9.17) is 4.74 Å². The lowest BCUT2D eigenvalue weighted by atomic mass is 10.1. The number of rotatable bonds is 5. The molecule has 0 atom stereocenters. The number of carbonyl (C=O) groups excluding carboxylic acids is 2. The van der Waals surface area contributed by atoms with Gasteiger partial charge in [0, 0.05) is 39.3 Å². The van der Waals surface area contributed by atoms with Gasteiger partial charge in [-0.25, -0.2) is 0 Å². The molecule has 0 aromatic heterocycles. The number of nitrogens with zero attached hydrogens (tertiary/aromatic N) is 3. The summed E-state index contributed by atoms with van der Waals surface area (Å²) in [4.78, 5) is 30.9. The van der Waals surface area contributed by atoms with Crippen molar-refractivity contribution >= 4 is 17.5 Å². The molecule has 2 aliphatic heterocycles. The summed E-state index contributed by atoms with van der Waals surface area (Å²) in [5, 5.41) is 0. The number of imide groups is 1. The van der Waals surface area contributed by atoms with Gasteiger partial charge in [-0.05, 0) is 24.3 Å². The number of hydrogen-bond donors (Lipinski definition) is 0. The number of hydrogen-bond acceptors (Lipinski definition) is 5. The van der Waals surface area contributed by atoms with E-state index < -0.39 is 0 Å². The smallest absolute Gasteiger partial charge is 0.261 e. The van der Waals surface area contributed by atoms with Gasteiger partial charge in [0.05, 0.1) is 23.9 Å². The van der Waals surface area contributed by atoms with Gasteiger partial charge in [-0.1, -0.05) is 24.3 Å². The third kappa shape index (κ3) is 3.28. The molecule has 0 radical (unpaired) electrons. The van der Waals surface area contributed by atoms with Crippen LogP contribution >= 0.6 is 0 Å². The van der Waals surface area contributed by atoms with Gasteiger partial charge in [0.1, 0.15) is 5.75 Å². The number of benzene rings is 2. The third-order valence-corrected chi connectivity index (χ3v) is 5.32. The molecule has 2 aromatic rings. The van der Waals surface area contributed by atoms with Crippen molar-refractivity contribution in [3.8, 4) is 5.75 Å². The van der Waals surface area contributed by atoms with Crippen molar-refractivity contribution in [1.82, 2.24) is 9.80 Å². The molecule has 4 rings (SSSR count). The van der Waals surface area contributed by atoms with E-state index in [2.05, 4.69) is 15.9 Å². The summed E-state index contributed by atoms with van der Waals surface area (Å²) in [6, 6.07) is 15.1. The fourth-order valence-electron chi connectivity index (χ4n) is 3.79. The van der Waals surface area contributed by atoms with Crippen LogP contribution in [-0.4, -0.2) is 68.0 Å². The van der Waals surface area contributed by atoms with Crippen molar-refractivity contribution in [3.63, 3.8) is 0 Å². The number of amides is 2. The molecule has 1 saturated heterocycles. The van der Waals surface area contributed by atoms with E-state index in [0.717, 1.165) is 37.6 Å². The van der Waals surface area contributed by atoms with Crippen LogP contribution in [0.5, 0.6) is 5.75 Å². The molecule has 0 aliphatic carbocycles. The molecule has 2 aliphatic rings. The second kappa shape index (κ2) is 7.40. The average Bonchev–Trinajstić information content (AvgIpc) is 2.97. The van der Waals surface area contributed by atoms with Gasteiger partial charge in [-0.15, -0.1) is 0 Å². The molecule has 0 saturated carbocycles. The molecule has 27 heavy (non-hydrogen) atoms. The third-order valence-electron chi connectivity index (χ3n) is 5.32. The zero-order valence-corrected chi connectivity index (χ0v) is 15.4. The first-order valence-electron chi connectivity index (χ1n) is 9.24. The van der Waals surface area contributed by atoms with Gasteiger partial charge < -0.3 is 9.64 Å². The van der Waals surface area contributed by atoms with Gasteiger partial charge in [0.15, 0.2) is 0 Å². The van der Waals surface area contributed by atoms with E-state index >= 15 is 0 Å². The van der Waals surface area contributed by atoms with Gasteiger partial charge in [-0.3, -0.25) is 19.4 Å². The molecule has 140 valence electrons. The molecule has 2 amide bonds. The molecule has 0 unspecified atom stereocenters. The zero-order valence-electron chi connectivity index (χ0n) is 15.4. The summed E-state index contributed by atoms with van der Waals surface area (Å²) in [5.41, 5.74) is 2.15. The number of para-hydroxylation sites is 2. The second-order valence-corrected chi connectivity index (χ2v) is 6.81. The topological polar surface area (TPSA) is 53.1 Å². The summed E-state index contributed by atoms with van der Waals surface area (Å²) in [6.45, 7) is 4.69. The van der Waals surface area contributed by atoms with Crippen LogP contribution in [0.25, 0.3) is 0 Å². The van der Waals surface area contributed by atoms with Crippen molar-refractivity contribution in [2.24, 2.45) is 0 Å². The largest absolute Gasteiger partial charge is 0.495 e. The lowest BCUT2D eigenvalue weighted by Gasteiger charge is -2.37. The predicted octanol–water partition coefficient (Wildman–Crippen LogP) is 2.11. The molecule has 2 aromatic carbocycles. The minimum atomic E-state index is -0.178. The van der Waals surface area contributed by atoms with E-state index in [0.29, 0.717) is 24.2 Å². The first-order chi connectivity index (χ1) is 13.2. The Morgan fingerprint density at radius 1 is 0.815 bits per heavy atom. The van der Waals surface area contributed by atoms with Crippen molar-refractivity contribution < 1.29 is 14.3 Å². The predicted molar refractivity (Wildman–Crippen MR) is 103 cm³/mol. The Balaban J connectivity index is 1.33. The van der Waals surface area contributed by atoms with Crippen molar-refractivity contribution in [3.05, 3.63) is 59.7 Å². The van der Waals surface area contributed by atoms with E-state index in [1.807, 2.05) is 18.2 Å². The molecule has 0 bridgehead atoms. The van der Waals surface area contributed by atoms with Crippen molar-refractivity contribution in [2.45, 2.75) is 0 Å². The van der Waals surface area contributed by atoms with Crippen molar-refractivity contribution in [2.75, 3.05) is 51.3 Å². The molecule has 2 heterocycles. The highest BCUT2D eigenvalue weighted by molar-refractivity contribution is 6.21. The second-order valence-electron chi connectivity index (χ2n) is 6.81. The lowest BCUT2D eigenvalue weighted by Crippen LogP contribution is -2.49. The van der Waals surface area contributed by atoms with E-state index in [-0.39, 0.29) is 11.8 Å². The Kier molecular flexibility index (Phi) is 4.81. The Hall–Kier alpha value is -2.86. The zero-order chi connectivity index (χ0) is 18.8. The summed E-state index contributed by atoms with van der Waals surface area (Å²) >= 11 is 0. The van der Waals surface area contributed by atoms with Crippen LogP contribution in [0.4, 0.5) is 5.69 Å². The number of fused-ring (bicyclic) bond motifs is 1. The maximum Gasteiger partial charge on any atom is 0.261 e. The number of carbonyl (C=O) groups is 2. The Bertz CT molecular complexity index is 824. The highest BCUT2D eigenvalue weighted by Crippen LogP contribution is 2.28. The molecule has 6 heteroatoms. The summed E-state index contributed by atoms with van der Waals surface area (Å²) in [7, 11) is 1.69. The maximum atomic E-state index is 12.5. The first kappa shape index (κ1) is 17.5. The van der Waals surface area contributed by atoms with E-state index in [1.165, 1.54) is 4.90 Å². The lowest BCUT2D eigenvalue weighted by molar-refractivity contribution is 0.0635. The van der Waals surface area contributed by atoms with E-state index in [1.54, 1.807) is 31.4 Å². The fraction of sp³-hybridized carbons (Fsp3) is 0.333. The number of anilines is 1. The number of piperazine rings is 1. The highest BCUT2D eigenvalue weighted by atomic mass is 16.5. The fourth-order valence-corrected chi connectivity index (χ4v) is 3.79. The molecule has 1 fully saturated rings. The van der Waals surface area contributed by atoms with Gasteiger partial charge >= 0.3 is 0 Å². The minimum absolute atomic E-state index is 0.178. The molecular weight excluding hydrogens is 342 g/mol. The Morgan fingerprint density at radius 2 is 1.41 bits per heavy atom. The van der Waals surface area contributed by atoms with Crippen LogP contribution in [-0.2, 0) is 0 Å². The molecule has 0 N–H and O–H groups in total. The van der Waals surface area contributed by atoms with Crippen LogP contribution < -0.4 is 9.64 Å².